The third kappa shape index (κ3) is 6.18. The number of imidazole rings is 1. The number of nitrogens with zero attached hydrogens (tertiary/aromatic N) is 4. The first-order chi connectivity index (χ1) is 21.7. The fraction of sp³-hybridized carbons (Fsp3) is 0.290. The average molecular weight is 639 g/mol. The second-order valence-corrected chi connectivity index (χ2v) is 11.0. The maximum absolute atomic E-state index is 14.3. The summed E-state index contributed by atoms with van der Waals surface area (Å²) in [5, 5.41) is 7.98. The summed E-state index contributed by atoms with van der Waals surface area (Å²) in [6.07, 6.45) is 0.253. The van der Waals surface area contributed by atoms with Gasteiger partial charge in [0.1, 0.15) is 5.82 Å². The highest BCUT2D eigenvalue weighted by molar-refractivity contribution is 5.95. The number of amides is 1. The van der Waals surface area contributed by atoms with Gasteiger partial charge >= 0.3 is 17.8 Å². The Hall–Kier alpha value is -5.18. The number of benzene rings is 2. The van der Waals surface area contributed by atoms with Gasteiger partial charge in [-0.25, -0.2) is 19.7 Å². The second kappa shape index (κ2) is 12.3. The molecule has 3 heterocycles. The quantitative estimate of drug-likeness (QED) is 0.119. The number of nitrogens with one attached hydrogen (secondary N) is 3. The number of alkyl halides is 4. The van der Waals surface area contributed by atoms with E-state index in [1.165, 1.54) is 24.3 Å². The molecule has 0 saturated heterocycles. The van der Waals surface area contributed by atoms with Crippen LogP contribution in [0, 0.1) is 6.92 Å². The standard InChI is InChI=1S/C31H30F4N8O3/c1-15(2)24-39-23-14-21(16(3)37-26(23)40-24)18-7-5-17(6-8-18)13-22(36)27(44)38-20-11-9-19(10-12-20)25-41-28(43-42-25)30(32,33)31(34,35)29(45)46-4/h5-12,14-15,22H,13,36H2,1-4H3,(H,38,44)(H,37,39,40)(H,41,42,43)/t22-/m0/s1. The third-order valence-electron chi connectivity index (χ3n) is 7.32. The number of esters is 1. The van der Waals surface area contributed by atoms with E-state index < -0.39 is 35.6 Å². The van der Waals surface area contributed by atoms with Gasteiger partial charge in [0.15, 0.2) is 11.5 Å². The van der Waals surface area contributed by atoms with Gasteiger partial charge < -0.3 is 20.8 Å². The molecule has 3 aromatic heterocycles. The number of methoxy groups -OCH3 is 1. The number of halogens is 4. The number of rotatable bonds is 10. The molecule has 0 bridgehead atoms. The van der Waals surface area contributed by atoms with E-state index in [1.54, 1.807) is 5.10 Å². The minimum absolute atomic E-state index is 0.180. The Morgan fingerprint density at radius 2 is 1.63 bits per heavy atom. The van der Waals surface area contributed by atoms with Crippen molar-refractivity contribution in [1.29, 1.82) is 0 Å². The normalized spacial score (nSPS) is 12.8. The smallest absolute Gasteiger partial charge is 0.412 e. The number of anilines is 1. The molecule has 2 aromatic carbocycles. The molecule has 0 aliphatic heterocycles. The number of aryl methyl sites for hydroxylation is 1. The van der Waals surface area contributed by atoms with Crippen LogP contribution < -0.4 is 11.1 Å². The van der Waals surface area contributed by atoms with E-state index in [1.807, 2.05) is 37.3 Å². The minimum Gasteiger partial charge on any atom is -0.464 e. The number of ether oxygens (including phenoxy) is 1. The van der Waals surface area contributed by atoms with Crippen LogP contribution in [0.1, 0.15) is 42.7 Å². The summed E-state index contributed by atoms with van der Waals surface area (Å²) in [5.41, 5.74) is 11.8. The summed E-state index contributed by atoms with van der Waals surface area (Å²) in [5.74, 6) is -13.8. The van der Waals surface area contributed by atoms with Crippen molar-refractivity contribution in [2.45, 2.75) is 51.0 Å². The molecule has 1 atom stereocenters. The lowest BCUT2D eigenvalue weighted by atomic mass is 9.99. The number of hydrogen-bond acceptors (Lipinski definition) is 8. The predicted octanol–water partition coefficient (Wildman–Crippen LogP) is 5.25. The Kier molecular flexibility index (Phi) is 8.62. The van der Waals surface area contributed by atoms with Crippen molar-refractivity contribution in [3.8, 4) is 22.5 Å². The fourth-order valence-electron chi connectivity index (χ4n) is 4.66. The predicted molar refractivity (Wildman–Crippen MR) is 161 cm³/mol. The number of carbonyl (C=O) groups is 2. The van der Waals surface area contributed by atoms with Crippen molar-refractivity contribution in [3.05, 3.63) is 77.5 Å². The lowest BCUT2D eigenvalue weighted by Gasteiger charge is -2.21. The van der Waals surface area contributed by atoms with E-state index >= 15 is 0 Å². The highest BCUT2D eigenvalue weighted by Gasteiger charge is 2.66. The van der Waals surface area contributed by atoms with Crippen molar-refractivity contribution < 1.29 is 31.9 Å². The lowest BCUT2D eigenvalue weighted by Crippen LogP contribution is -2.46. The van der Waals surface area contributed by atoms with Gasteiger partial charge in [-0.05, 0) is 54.8 Å². The number of carbonyl (C=O) groups excluding carboxylic acids is 2. The summed E-state index contributed by atoms with van der Waals surface area (Å²) >= 11 is 0. The van der Waals surface area contributed by atoms with Gasteiger partial charge in [-0.1, -0.05) is 38.1 Å². The summed E-state index contributed by atoms with van der Waals surface area (Å²) in [6.45, 7) is 6.04. The van der Waals surface area contributed by atoms with Crippen molar-refractivity contribution in [2.24, 2.45) is 5.73 Å². The van der Waals surface area contributed by atoms with Gasteiger partial charge in [0, 0.05) is 28.4 Å². The fourth-order valence-corrected chi connectivity index (χ4v) is 4.66. The first-order valence-electron chi connectivity index (χ1n) is 14.1. The largest absolute Gasteiger partial charge is 0.464 e. The van der Waals surface area contributed by atoms with Crippen LogP contribution in [0.5, 0.6) is 0 Å². The summed E-state index contributed by atoms with van der Waals surface area (Å²) < 4.78 is 60.1. The molecule has 0 unspecified atom stereocenters. The molecule has 1 amide bonds. The number of pyridine rings is 1. The van der Waals surface area contributed by atoms with Crippen LogP contribution in [0.15, 0.2) is 54.6 Å². The molecule has 0 spiro atoms. The van der Waals surface area contributed by atoms with Gasteiger partial charge in [0.25, 0.3) is 0 Å². The van der Waals surface area contributed by atoms with Gasteiger partial charge in [-0.2, -0.15) is 22.7 Å². The Labute approximate surface area is 260 Å². The average Bonchev–Trinajstić information content (AvgIpc) is 3.69. The van der Waals surface area contributed by atoms with Crippen LogP contribution in [0.25, 0.3) is 33.7 Å². The number of hydrogen-bond donors (Lipinski definition) is 4. The van der Waals surface area contributed by atoms with Crippen LogP contribution in [0.2, 0.25) is 0 Å². The summed E-state index contributed by atoms with van der Waals surface area (Å²) in [7, 11) is 0.563. The molecular weight excluding hydrogens is 608 g/mol. The zero-order valence-electron chi connectivity index (χ0n) is 25.2. The van der Waals surface area contributed by atoms with Crippen LogP contribution in [-0.2, 0) is 26.7 Å². The molecule has 0 aliphatic carbocycles. The van der Waals surface area contributed by atoms with E-state index in [2.05, 4.69) is 48.9 Å². The Bertz CT molecular complexity index is 1890. The Balaban J connectivity index is 1.21. The van der Waals surface area contributed by atoms with Crippen LogP contribution >= 0.6 is 0 Å². The Morgan fingerprint density at radius 3 is 2.26 bits per heavy atom. The number of fused-ring (bicyclic) bond motifs is 1. The lowest BCUT2D eigenvalue weighted by molar-refractivity contribution is -0.233. The maximum Gasteiger partial charge on any atom is 0.412 e. The molecule has 0 fully saturated rings. The number of nitrogens with two attached hydrogens (primary N) is 1. The molecule has 240 valence electrons. The van der Waals surface area contributed by atoms with Gasteiger partial charge in [-0.15, -0.1) is 0 Å². The Morgan fingerprint density at radius 1 is 0.978 bits per heavy atom. The van der Waals surface area contributed by atoms with Gasteiger partial charge in [-0.3, -0.25) is 9.89 Å². The molecule has 5 rings (SSSR count). The number of H-pyrrole nitrogens is 2. The van der Waals surface area contributed by atoms with E-state index in [0.29, 0.717) is 18.4 Å². The van der Waals surface area contributed by atoms with E-state index in [9.17, 15) is 27.2 Å². The monoisotopic (exact) mass is 638 g/mol. The maximum atomic E-state index is 14.3. The topological polar surface area (TPSA) is 165 Å². The molecule has 15 heteroatoms. The highest BCUT2D eigenvalue weighted by Crippen LogP contribution is 2.42. The summed E-state index contributed by atoms with van der Waals surface area (Å²) in [6, 6.07) is 14.5. The van der Waals surface area contributed by atoms with Gasteiger partial charge in [0.05, 0.1) is 18.7 Å². The molecule has 46 heavy (non-hydrogen) atoms. The first-order valence-corrected chi connectivity index (χ1v) is 14.1. The van der Waals surface area contributed by atoms with Crippen molar-refractivity contribution in [1.82, 2.24) is 30.1 Å². The van der Waals surface area contributed by atoms with E-state index in [-0.39, 0.29) is 23.7 Å². The third-order valence-corrected chi connectivity index (χ3v) is 7.32. The van der Waals surface area contributed by atoms with E-state index in [4.69, 9.17) is 5.73 Å². The van der Waals surface area contributed by atoms with Crippen LogP contribution in [0.3, 0.4) is 0 Å². The van der Waals surface area contributed by atoms with Crippen molar-refractivity contribution in [3.63, 3.8) is 0 Å². The van der Waals surface area contributed by atoms with Crippen LogP contribution in [0.4, 0.5) is 23.2 Å². The highest BCUT2D eigenvalue weighted by atomic mass is 19.3. The van der Waals surface area contributed by atoms with Crippen LogP contribution in [-0.4, -0.2) is 61.1 Å². The number of aromatic amines is 2. The van der Waals surface area contributed by atoms with Gasteiger partial charge in [0.2, 0.25) is 11.7 Å². The van der Waals surface area contributed by atoms with E-state index in [0.717, 1.165) is 33.7 Å². The molecule has 0 radical (unpaired) electrons. The molecular formula is C31H30F4N8O3. The van der Waals surface area contributed by atoms with Crippen molar-refractivity contribution >= 4 is 28.7 Å². The minimum atomic E-state index is -5.17. The molecule has 0 aliphatic rings. The SMILES string of the molecule is COC(=O)C(F)(F)C(F)(F)c1nc(-c2ccc(NC(=O)[C@@H](N)Cc3ccc(-c4cc5[nH]c(C(C)C)nc5nc4C)cc3)cc2)n[nH]1. The molecule has 5 N–H and O–H groups in total. The summed E-state index contributed by atoms with van der Waals surface area (Å²) in [4.78, 5) is 39.9. The van der Waals surface area contributed by atoms with Crippen molar-refractivity contribution in [2.75, 3.05) is 12.4 Å². The second-order valence-electron chi connectivity index (χ2n) is 11.0. The first kappa shape index (κ1) is 32.2. The molecule has 0 saturated carbocycles. The zero-order chi connectivity index (χ0) is 33.4. The molecule has 5 aromatic rings. The number of aromatic nitrogens is 6. The molecule has 11 nitrogen and oxygen atoms in total. The zero-order valence-corrected chi connectivity index (χ0v) is 25.2.